The first-order valence-electron chi connectivity index (χ1n) is 5.58. The second-order valence-electron chi connectivity index (χ2n) is 4.38. The molecule has 0 radical (unpaired) electrons. The van der Waals surface area contributed by atoms with Crippen LogP contribution < -0.4 is 5.73 Å². The van der Waals surface area contributed by atoms with Crippen LogP contribution in [0.25, 0.3) is 0 Å². The zero-order valence-electron chi connectivity index (χ0n) is 10.2. The summed E-state index contributed by atoms with van der Waals surface area (Å²) in [4.78, 5) is 2.16. The van der Waals surface area contributed by atoms with Crippen LogP contribution >= 0.6 is 0 Å². The van der Waals surface area contributed by atoms with E-state index in [4.69, 9.17) is 10.3 Å². The summed E-state index contributed by atoms with van der Waals surface area (Å²) in [7, 11) is 2.04. The van der Waals surface area contributed by atoms with E-state index < -0.39 is 0 Å². The molecule has 0 spiro atoms. The summed E-state index contributed by atoms with van der Waals surface area (Å²) in [6.07, 6.45) is 0. The molecule has 0 atom stereocenters. The van der Waals surface area contributed by atoms with Gasteiger partial charge in [0, 0.05) is 12.6 Å². The summed E-state index contributed by atoms with van der Waals surface area (Å²) >= 11 is 0. The fourth-order valence-corrected chi connectivity index (χ4v) is 1.73. The van der Waals surface area contributed by atoms with Gasteiger partial charge in [-0.25, -0.2) is 0 Å². The van der Waals surface area contributed by atoms with Crippen LogP contribution in [-0.4, -0.2) is 17.1 Å². The minimum Gasteiger partial charge on any atom is -0.381 e. The van der Waals surface area contributed by atoms with Crippen molar-refractivity contribution in [1.29, 1.82) is 0 Å². The Morgan fingerprint density at radius 2 is 1.94 bits per heavy atom. The molecule has 1 heterocycles. The molecule has 0 saturated heterocycles. The van der Waals surface area contributed by atoms with Crippen molar-refractivity contribution < 1.29 is 4.52 Å². The number of nitrogens with zero attached hydrogens (tertiary/aromatic N) is 2. The predicted molar refractivity (Wildman–Crippen MR) is 67.3 cm³/mol. The number of nitrogens with two attached hydrogens (primary N) is 1. The van der Waals surface area contributed by atoms with Crippen molar-refractivity contribution in [2.75, 3.05) is 12.8 Å². The number of aryl methyl sites for hydroxylation is 1. The van der Waals surface area contributed by atoms with E-state index in [0.717, 1.165) is 12.3 Å². The lowest BCUT2D eigenvalue weighted by Gasteiger charge is -2.14. The lowest BCUT2D eigenvalue weighted by atomic mass is 10.1. The third-order valence-electron chi connectivity index (χ3n) is 2.58. The van der Waals surface area contributed by atoms with Crippen molar-refractivity contribution >= 4 is 5.82 Å². The summed E-state index contributed by atoms with van der Waals surface area (Å²) in [6.45, 7) is 3.67. The van der Waals surface area contributed by atoms with Gasteiger partial charge >= 0.3 is 0 Å². The number of nitrogen functional groups attached to an aromatic ring is 1. The van der Waals surface area contributed by atoms with Gasteiger partial charge in [-0.1, -0.05) is 35.0 Å². The Kier molecular flexibility index (Phi) is 3.44. The van der Waals surface area contributed by atoms with E-state index in [1.165, 1.54) is 11.1 Å². The highest BCUT2D eigenvalue weighted by Gasteiger charge is 2.06. The third kappa shape index (κ3) is 3.32. The lowest BCUT2D eigenvalue weighted by Crippen LogP contribution is -2.16. The summed E-state index contributed by atoms with van der Waals surface area (Å²) < 4.78 is 5.08. The van der Waals surface area contributed by atoms with Crippen molar-refractivity contribution in [3.63, 3.8) is 0 Å². The largest absolute Gasteiger partial charge is 0.381 e. The third-order valence-corrected chi connectivity index (χ3v) is 2.58. The van der Waals surface area contributed by atoms with E-state index in [1.807, 2.05) is 7.05 Å². The Morgan fingerprint density at radius 1 is 1.24 bits per heavy atom. The Hall–Kier alpha value is -1.81. The maximum atomic E-state index is 5.50. The van der Waals surface area contributed by atoms with Crippen LogP contribution in [0.15, 0.2) is 34.9 Å². The van der Waals surface area contributed by atoms with E-state index in [1.54, 1.807) is 6.07 Å². The van der Waals surface area contributed by atoms with Gasteiger partial charge in [0.15, 0.2) is 11.6 Å². The van der Waals surface area contributed by atoms with E-state index in [0.29, 0.717) is 12.4 Å². The van der Waals surface area contributed by atoms with Crippen LogP contribution in [0.5, 0.6) is 0 Å². The first kappa shape index (κ1) is 11.7. The highest BCUT2D eigenvalue weighted by atomic mass is 16.5. The molecule has 1 aromatic carbocycles. The highest BCUT2D eigenvalue weighted by molar-refractivity contribution is 5.26. The molecule has 2 aromatic rings. The molecule has 0 bridgehead atoms. The van der Waals surface area contributed by atoms with Crippen LogP contribution in [0.2, 0.25) is 0 Å². The second kappa shape index (κ2) is 5.01. The molecule has 4 nitrogen and oxygen atoms in total. The standard InChI is InChI=1S/C13H17N3O/c1-10-3-5-11(6-4-10)8-16(2)9-12-7-13(14)15-17-12/h3-7H,8-9H2,1-2H3,(H2,14,15). The topological polar surface area (TPSA) is 55.3 Å². The van der Waals surface area contributed by atoms with Gasteiger partial charge in [0.1, 0.15) is 0 Å². The van der Waals surface area contributed by atoms with E-state index in [2.05, 4.69) is 41.2 Å². The molecular weight excluding hydrogens is 214 g/mol. The highest BCUT2D eigenvalue weighted by Crippen LogP contribution is 2.10. The molecule has 0 fully saturated rings. The van der Waals surface area contributed by atoms with Gasteiger partial charge in [-0.05, 0) is 19.5 Å². The molecule has 90 valence electrons. The van der Waals surface area contributed by atoms with E-state index in [9.17, 15) is 0 Å². The predicted octanol–water partition coefficient (Wildman–Crippen LogP) is 2.20. The minimum absolute atomic E-state index is 0.434. The van der Waals surface area contributed by atoms with Gasteiger partial charge in [0.2, 0.25) is 0 Å². The quantitative estimate of drug-likeness (QED) is 0.876. The molecule has 4 heteroatoms. The number of aromatic nitrogens is 1. The fourth-order valence-electron chi connectivity index (χ4n) is 1.73. The normalized spacial score (nSPS) is 11.0. The van der Waals surface area contributed by atoms with Crippen LogP contribution in [0.3, 0.4) is 0 Å². The van der Waals surface area contributed by atoms with Crippen LogP contribution in [-0.2, 0) is 13.1 Å². The number of anilines is 1. The monoisotopic (exact) mass is 231 g/mol. The summed E-state index contributed by atoms with van der Waals surface area (Å²) in [5.74, 6) is 1.22. The first-order chi connectivity index (χ1) is 8.13. The molecule has 2 rings (SSSR count). The summed E-state index contributed by atoms with van der Waals surface area (Å²) in [6, 6.07) is 10.3. The molecule has 0 aliphatic heterocycles. The molecule has 2 N–H and O–H groups in total. The number of benzene rings is 1. The zero-order chi connectivity index (χ0) is 12.3. The minimum atomic E-state index is 0.434. The summed E-state index contributed by atoms with van der Waals surface area (Å²) in [5, 5.41) is 3.66. The van der Waals surface area contributed by atoms with Crippen molar-refractivity contribution in [3.8, 4) is 0 Å². The molecule has 17 heavy (non-hydrogen) atoms. The summed E-state index contributed by atoms with van der Waals surface area (Å²) in [5.41, 5.74) is 8.06. The average molecular weight is 231 g/mol. The van der Waals surface area contributed by atoms with Gasteiger partial charge in [-0.15, -0.1) is 0 Å². The molecule has 0 aliphatic carbocycles. The van der Waals surface area contributed by atoms with E-state index >= 15 is 0 Å². The maximum absolute atomic E-state index is 5.50. The van der Waals surface area contributed by atoms with Crippen LogP contribution in [0.4, 0.5) is 5.82 Å². The lowest BCUT2D eigenvalue weighted by molar-refractivity contribution is 0.267. The zero-order valence-corrected chi connectivity index (χ0v) is 10.2. The van der Waals surface area contributed by atoms with Gasteiger partial charge in [0.25, 0.3) is 0 Å². The first-order valence-corrected chi connectivity index (χ1v) is 5.58. The van der Waals surface area contributed by atoms with Gasteiger partial charge in [-0.2, -0.15) is 0 Å². The molecule has 0 unspecified atom stereocenters. The van der Waals surface area contributed by atoms with Crippen LogP contribution in [0.1, 0.15) is 16.9 Å². The molecular formula is C13H17N3O. The molecule has 1 aromatic heterocycles. The maximum Gasteiger partial charge on any atom is 0.167 e. The van der Waals surface area contributed by atoms with Crippen molar-refractivity contribution in [1.82, 2.24) is 10.1 Å². The Morgan fingerprint density at radius 3 is 2.53 bits per heavy atom. The van der Waals surface area contributed by atoms with E-state index in [-0.39, 0.29) is 0 Å². The SMILES string of the molecule is Cc1ccc(CN(C)Cc2cc(N)no2)cc1. The smallest absolute Gasteiger partial charge is 0.167 e. The van der Waals surface area contributed by atoms with Crippen molar-refractivity contribution in [3.05, 3.63) is 47.2 Å². The fraction of sp³-hybridized carbons (Fsp3) is 0.308. The number of rotatable bonds is 4. The Bertz CT molecular complexity index is 476. The molecule has 0 aliphatic rings. The van der Waals surface area contributed by atoms with Crippen molar-refractivity contribution in [2.45, 2.75) is 20.0 Å². The Balaban J connectivity index is 1.93. The number of hydrogen-bond acceptors (Lipinski definition) is 4. The molecule has 0 amide bonds. The second-order valence-corrected chi connectivity index (χ2v) is 4.38. The van der Waals surface area contributed by atoms with Gasteiger partial charge in [0.05, 0.1) is 6.54 Å². The molecule has 0 saturated carbocycles. The van der Waals surface area contributed by atoms with Crippen LogP contribution in [0, 0.1) is 6.92 Å². The average Bonchev–Trinajstić information content (AvgIpc) is 2.67. The van der Waals surface area contributed by atoms with Gasteiger partial charge < -0.3 is 10.3 Å². The number of hydrogen-bond donors (Lipinski definition) is 1. The Labute approximate surface area is 101 Å². The van der Waals surface area contributed by atoms with Gasteiger partial charge in [-0.3, -0.25) is 4.90 Å². The van der Waals surface area contributed by atoms with Crippen molar-refractivity contribution in [2.24, 2.45) is 0 Å².